The van der Waals surface area contributed by atoms with Crippen molar-refractivity contribution in [3.05, 3.63) is 28.7 Å². The summed E-state index contributed by atoms with van der Waals surface area (Å²) in [6, 6.07) is 5.23. The molecule has 0 spiro atoms. The normalized spacial score (nSPS) is 19.3. The van der Waals surface area contributed by atoms with Crippen LogP contribution in [0, 0.1) is 0 Å². The minimum atomic E-state index is -0.451. The largest absolute Gasteiger partial charge is 0.491 e. The number of aromatic nitrogens is 1. The average Bonchev–Trinajstić information content (AvgIpc) is 2.96. The number of epoxide rings is 1. The molecule has 5 nitrogen and oxygen atoms in total. The summed E-state index contributed by atoms with van der Waals surface area (Å²) in [4.78, 5) is 13.5. The van der Waals surface area contributed by atoms with Gasteiger partial charge in [0.15, 0.2) is 5.58 Å². The van der Waals surface area contributed by atoms with E-state index >= 15 is 0 Å². The van der Waals surface area contributed by atoms with Gasteiger partial charge in [0.1, 0.15) is 18.5 Å². The molecular formula is C10H9NO4. The van der Waals surface area contributed by atoms with Crippen LogP contribution >= 0.6 is 0 Å². The molecule has 0 unspecified atom stereocenters. The molecule has 1 aliphatic rings. The fraction of sp³-hybridized carbons (Fsp3) is 0.300. The molecular weight excluding hydrogens is 198 g/mol. The van der Waals surface area contributed by atoms with Gasteiger partial charge in [-0.15, -0.1) is 0 Å². The molecule has 5 heteroatoms. The van der Waals surface area contributed by atoms with Gasteiger partial charge in [-0.05, 0) is 12.1 Å². The van der Waals surface area contributed by atoms with Crippen LogP contribution in [-0.4, -0.2) is 24.3 Å². The topological polar surface area (TPSA) is 67.8 Å². The van der Waals surface area contributed by atoms with Gasteiger partial charge >= 0.3 is 5.76 Å². The van der Waals surface area contributed by atoms with E-state index in [1.54, 1.807) is 18.2 Å². The number of aromatic amines is 1. The summed E-state index contributed by atoms with van der Waals surface area (Å²) in [6.07, 6.45) is 0.221. The quantitative estimate of drug-likeness (QED) is 0.759. The molecule has 1 aromatic heterocycles. The fourth-order valence-electron chi connectivity index (χ4n) is 1.37. The predicted octanol–water partition coefficient (Wildman–Crippen LogP) is 0.899. The van der Waals surface area contributed by atoms with E-state index in [0.29, 0.717) is 23.5 Å². The van der Waals surface area contributed by atoms with Gasteiger partial charge in [0.05, 0.1) is 12.1 Å². The Labute approximate surface area is 84.6 Å². The number of hydrogen-bond acceptors (Lipinski definition) is 4. The van der Waals surface area contributed by atoms with Crippen molar-refractivity contribution in [2.75, 3.05) is 13.2 Å². The Bertz CT molecular complexity index is 538. The first-order valence-electron chi connectivity index (χ1n) is 4.68. The number of fused-ring (bicyclic) bond motifs is 1. The molecule has 1 N–H and O–H groups in total. The van der Waals surface area contributed by atoms with Crippen LogP contribution in [0.1, 0.15) is 0 Å². The molecule has 2 heterocycles. The molecule has 0 amide bonds. The molecule has 78 valence electrons. The lowest BCUT2D eigenvalue weighted by molar-refractivity contribution is 0.263. The Morgan fingerprint density at radius 2 is 2.40 bits per heavy atom. The van der Waals surface area contributed by atoms with Crippen molar-refractivity contribution < 1.29 is 13.9 Å². The number of rotatable bonds is 3. The SMILES string of the molecule is O=c1[nH]c2ccc(OC[C@@H]3CO3)cc2o1. The highest BCUT2D eigenvalue weighted by Crippen LogP contribution is 2.19. The summed E-state index contributed by atoms with van der Waals surface area (Å²) in [5.74, 6) is 0.230. The van der Waals surface area contributed by atoms with E-state index in [1.807, 2.05) is 0 Å². The maximum absolute atomic E-state index is 10.9. The maximum Gasteiger partial charge on any atom is 0.417 e. The van der Waals surface area contributed by atoms with Gasteiger partial charge in [-0.3, -0.25) is 4.98 Å². The van der Waals surface area contributed by atoms with Crippen molar-refractivity contribution in [3.63, 3.8) is 0 Å². The molecule has 3 rings (SSSR count). The van der Waals surface area contributed by atoms with Crippen LogP contribution in [0.3, 0.4) is 0 Å². The molecule has 0 saturated carbocycles. The monoisotopic (exact) mass is 207 g/mol. The molecule has 1 fully saturated rings. The van der Waals surface area contributed by atoms with Crippen molar-refractivity contribution in [1.29, 1.82) is 0 Å². The van der Waals surface area contributed by atoms with Gasteiger partial charge in [0, 0.05) is 6.07 Å². The van der Waals surface area contributed by atoms with E-state index in [1.165, 1.54) is 0 Å². The molecule has 0 bridgehead atoms. The van der Waals surface area contributed by atoms with E-state index in [2.05, 4.69) is 4.98 Å². The molecule has 1 saturated heterocycles. The molecule has 1 aromatic carbocycles. The smallest absolute Gasteiger partial charge is 0.417 e. The predicted molar refractivity (Wildman–Crippen MR) is 52.1 cm³/mol. The first kappa shape index (κ1) is 8.55. The Kier molecular flexibility index (Phi) is 1.78. The van der Waals surface area contributed by atoms with Crippen LogP contribution < -0.4 is 10.5 Å². The van der Waals surface area contributed by atoms with Crippen molar-refractivity contribution in [1.82, 2.24) is 4.98 Å². The summed E-state index contributed by atoms with van der Waals surface area (Å²) in [5, 5.41) is 0. The number of ether oxygens (including phenoxy) is 2. The second-order valence-corrected chi connectivity index (χ2v) is 3.44. The number of hydrogen-bond donors (Lipinski definition) is 1. The van der Waals surface area contributed by atoms with Gasteiger partial charge in [0.25, 0.3) is 0 Å². The zero-order chi connectivity index (χ0) is 10.3. The van der Waals surface area contributed by atoms with Crippen LogP contribution in [-0.2, 0) is 4.74 Å². The van der Waals surface area contributed by atoms with Crippen molar-refractivity contribution in [3.8, 4) is 5.75 Å². The Morgan fingerprint density at radius 3 is 3.20 bits per heavy atom. The summed E-state index contributed by atoms with van der Waals surface area (Å²) in [5.41, 5.74) is 1.18. The Hall–Kier alpha value is -1.75. The standard InChI is InChI=1S/C10H9NO4/c12-10-11-8-2-1-6(3-9(8)15-10)13-4-7-5-14-7/h1-3,7H,4-5H2,(H,11,12)/t7-/m1/s1. The zero-order valence-corrected chi connectivity index (χ0v) is 7.86. The van der Waals surface area contributed by atoms with Crippen LogP contribution in [0.15, 0.2) is 27.4 Å². The maximum atomic E-state index is 10.9. The summed E-state index contributed by atoms with van der Waals surface area (Å²) >= 11 is 0. The van der Waals surface area contributed by atoms with Crippen LogP contribution in [0.2, 0.25) is 0 Å². The number of nitrogens with one attached hydrogen (secondary N) is 1. The van der Waals surface area contributed by atoms with Crippen LogP contribution in [0.5, 0.6) is 5.75 Å². The highest BCUT2D eigenvalue weighted by Gasteiger charge is 2.23. The average molecular weight is 207 g/mol. The number of H-pyrrole nitrogens is 1. The molecule has 0 aliphatic carbocycles. The first-order valence-corrected chi connectivity index (χ1v) is 4.68. The summed E-state index contributed by atoms with van der Waals surface area (Å²) in [6.45, 7) is 1.31. The van der Waals surface area contributed by atoms with Gasteiger partial charge < -0.3 is 13.9 Å². The Morgan fingerprint density at radius 1 is 1.53 bits per heavy atom. The second-order valence-electron chi connectivity index (χ2n) is 3.44. The van der Waals surface area contributed by atoms with E-state index in [0.717, 1.165) is 6.61 Å². The highest BCUT2D eigenvalue weighted by molar-refractivity contribution is 5.73. The number of oxazole rings is 1. The van der Waals surface area contributed by atoms with Crippen molar-refractivity contribution >= 4 is 11.1 Å². The van der Waals surface area contributed by atoms with Gasteiger partial charge in [-0.1, -0.05) is 0 Å². The van der Waals surface area contributed by atoms with Gasteiger partial charge in [-0.2, -0.15) is 0 Å². The third-order valence-corrected chi connectivity index (χ3v) is 2.23. The molecule has 1 atom stereocenters. The summed E-state index contributed by atoms with van der Waals surface area (Å²) < 4.78 is 15.4. The van der Waals surface area contributed by atoms with Crippen LogP contribution in [0.4, 0.5) is 0 Å². The van der Waals surface area contributed by atoms with E-state index in [-0.39, 0.29) is 6.10 Å². The number of benzene rings is 1. The lowest BCUT2D eigenvalue weighted by atomic mass is 10.3. The highest BCUT2D eigenvalue weighted by atomic mass is 16.6. The zero-order valence-electron chi connectivity index (χ0n) is 7.86. The third kappa shape index (κ3) is 1.73. The minimum Gasteiger partial charge on any atom is -0.491 e. The molecule has 0 radical (unpaired) electrons. The van der Waals surface area contributed by atoms with Gasteiger partial charge in [0.2, 0.25) is 0 Å². The molecule has 15 heavy (non-hydrogen) atoms. The lowest BCUT2D eigenvalue weighted by Crippen LogP contribution is -2.03. The van der Waals surface area contributed by atoms with Crippen molar-refractivity contribution in [2.45, 2.75) is 6.10 Å². The van der Waals surface area contributed by atoms with Crippen molar-refractivity contribution in [2.24, 2.45) is 0 Å². The fourth-order valence-corrected chi connectivity index (χ4v) is 1.37. The molecule has 1 aliphatic heterocycles. The minimum absolute atomic E-state index is 0.221. The first-order chi connectivity index (χ1) is 7.31. The summed E-state index contributed by atoms with van der Waals surface area (Å²) in [7, 11) is 0. The second kappa shape index (κ2) is 3.13. The van der Waals surface area contributed by atoms with Crippen LogP contribution in [0.25, 0.3) is 11.1 Å². The lowest BCUT2D eigenvalue weighted by Gasteiger charge is -2.02. The van der Waals surface area contributed by atoms with E-state index in [9.17, 15) is 4.79 Å². The third-order valence-electron chi connectivity index (χ3n) is 2.23. The molecule has 2 aromatic rings. The van der Waals surface area contributed by atoms with E-state index in [4.69, 9.17) is 13.9 Å². The van der Waals surface area contributed by atoms with E-state index < -0.39 is 5.76 Å². The van der Waals surface area contributed by atoms with Gasteiger partial charge in [-0.25, -0.2) is 4.79 Å². The Balaban J connectivity index is 1.87.